The third-order valence-electron chi connectivity index (χ3n) is 3.54. The van der Waals surface area contributed by atoms with Crippen LogP contribution >= 0.6 is 0 Å². The molecule has 0 radical (unpaired) electrons. The number of aromatic nitrogens is 2. The van der Waals surface area contributed by atoms with Crippen molar-refractivity contribution in [3.05, 3.63) is 47.3 Å². The van der Waals surface area contributed by atoms with Crippen molar-refractivity contribution in [2.24, 2.45) is 5.92 Å². The maximum Gasteiger partial charge on any atom is 0.270 e. The number of nitrogens with one attached hydrogen (secondary N) is 2. The molecule has 0 fully saturated rings. The summed E-state index contributed by atoms with van der Waals surface area (Å²) >= 11 is 0. The molecule has 1 amide bonds. The average Bonchev–Trinajstić information content (AvgIpc) is 2.54. The summed E-state index contributed by atoms with van der Waals surface area (Å²) in [5, 5.41) is 6.12. The van der Waals surface area contributed by atoms with E-state index in [1.807, 2.05) is 19.1 Å². The molecule has 0 saturated carbocycles. The van der Waals surface area contributed by atoms with Crippen molar-refractivity contribution >= 4 is 17.5 Å². The predicted molar refractivity (Wildman–Crippen MR) is 93.0 cm³/mol. The first-order valence-electron chi connectivity index (χ1n) is 7.98. The van der Waals surface area contributed by atoms with Crippen LogP contribution < -0.4 is 10.6 Å². The number of para-hydroxylation sites is 1. The second-order valence-electron chi connectivity index (χ2n) is 5.96. The van der Waals surface area contributed by atoms with Crippen LogP contribution in [0.3, 0.4) is 0 Å². The Morgan fingerprint density at radius 2 is 2.04 bits per heavy atom. The molecule has 0 atom stereocenters. The predicted octanol–water partition coefficient (Wildman–Crippen LogP) is 3.48. The highest BCUT2D eigenvalue weighted by Gasteiger charge is 2.11. The van der Waals surface area contributed by atoms with Crippen molar-refractivity contribution in [2.75, 3.05) is 11.9 Å². The number of hydrogen-bond donors (Lipinski definition) is 2. The van der Waals surface area contributed by atoms with Gasteiger partial charge in [0.15, 0.2) is 0 Å². The minimum absolute atomic E-state index is 0.176. The largest absolute Gasteiger partial charge is 0.350 e. The molecule has 0 saturated heterocycles. The molecule has 2 N–H and O–H groups in total. The zero-order chi connectivity index (χ0) is 16.8. The number of carbonyl (C=O) groups is 1. The molecule has 2 rings (SSSR count). The van der Waals surface area contributed by atoms with Crippen molar-refractivity contribution in [3.63, 3.8) is 0 Å². The van der Waals surface area contributed by atoms with E-state index in [1.54, 1.807) is 12.3 Å². The Hall–Kier alpha value is -2.43. The van der Waals surface area contributed by atoms with Gasteiger partial charge in [0.05, 0.1) is 0 Å². The summed E-state index contributed by atoms with van der Waals surface area (Å²) in [5.41, 5.74) is 3.70. The second kappa shape index (κ2) is 7.72. The third-order valence-corrected chi connectivity index (χ3v) is 3.54. The van der Waals surface area contributed by atoms with E-state index in [9.17, 15) is 4.79 Å². The molecule has 2 aromatic rings. The van der Waals surface area contributed by atoms with Crippen LogP contribution in [-0.2, 0) is 6.42 Å². The van der Waals surface area contributed by atoms with Crippen LogP contribution in [0.4, 0.5) is 11.6 Å². The van der Waals surface area contributed by atoms with E-state index in [4.69, 9.17) is 0 Å². The highest BCUT2D eigenvalue weighted by Crippen LogP contribution is 2.23. The molecule has 1 aromatic heterocycles. The molecular weight excluding hydrogens is 288 g/mol. The SMILES string of the molecule is CCc1cccc(C)c1Nc1nccc(C(=O)NCC(C)C)n1. The molecular formula is C18H24N4O. The van der Waals surface area contributed by atoms with Gasteiger partial charge in [-0.1, -0.05) is 39.0 Å². The molecule has 122 valence electrons. The van der Waals surface area contributed by atoms with Crippen molar-refractivity contribution in [2.45, 2.75) is 34.1 Å². The van der Waals surface area contributed by atoms with Crippen LogP contribution in [0.2, 0.25) is 0 Å². The molecule has 23 heavy (non-hydrogen) atoms. The van der Waals surface area contributed by atoms with Crippen molar-refractivity contribution < 1.29 is 4.79 Å². The van der Waals surface area contributed by atoms with E-state index in [0.717, 1.165) is 17.7 Å². The summed E-state index contributed by atoms with van der Waals surface area (Å²) in [6.45, 7) is 8.88. The minimum Gasteiger partial charge on any atom is -0.350 e. The Labute approximate surface area is 137 Å². The van der Waals surface area contributed by atoms with Crippen LogP contribution in [-0.4, -0.2) is 22.4 Å². The lowest BCUT2D eigenvalue weighted by Gasteiger charge is -2.13. The monoisotopic (exact) mass is 312 g/mol. The zero-order valence-electron chi connectivity index (χ0n) is 14.2. The van der Waals surface area contributed by atoms with E-state index in [0.29, 0.717) is 24.1 Å². The zero-order valence-corrected chi connectivity index (χ0v) is 14.2. The summed E-state index contributed by atoms with van der Waals surface area (Å²) < 4.78 is 0. The Bertz CT molecular complexity index is 682. The van der Waals surface area contributed by atoms with E-state index in [1.165, 1.54) is 5.56 Å². The van der Waals surface area contributed by atoms with Crippen LogP contribution in [0.25, 0.3) is 0 Å². The molecule has 0 aliphatic carbocycles. The number of amides is 1. The van der Waals surface area contributed by atoms with Crippen LogP contribution in [0.5, 0.6) is 0 Å². The Morgan fingerprint density at radius 1 is 1.26 bits per heavy atom. The summed E-state index contributed by atoms with van der Waals surface area (Å²) in [5.74, 6) is 0.660. The third kappa shape index (κ3) is 4.52. The smallest absolute Gasteiger partial charge is 0.270 e. The summed E-state index contributed by atoms with van der Waals surface area (Å²) in [7, 11) is 0. The highest BCUT2D eigenvalue weighted by atomic mass is 16.1. The quantitative estimate of drug-likeness (QED) is 0.857. The normalized spacial score (nSPS) is 10.7. The van der Waals surface area contributed by atoms with Crippen molar-refractivity contribution in [3.8, 4) is 0 Å². The lowest BCUT2D eigenvalue weighted by molar-refractivity contribution is 0.0944. The number of benzene rings is 1. The number of hydrogen-bond acceptors (Lipinski definition) is 4. The maximum absolute atomic E-state index is 12.1. The Morgan fingerprint density at radius 3 is 2.74 bits per heavy atom. The van der Waals surface area contributed by atoms with E-state index in [-0.39, 0.29) is 5.91 Å². The molecule has 1 aromatic carbocycles. The lowest BCUT2D eigenvalue weighted by atomic mass is 10.1. The van der Waals surface area contributed by atoms with Gasteiger partial charge in [0, 0.05) is 18.4 Å². The number of carbonyl (C=O) groups excluding carboxylic acids is 1. The van der Waals surface area contributed by atoms with Gasteiger partial charge in [-0.3, -0.25) is 4.79 Å². The molecule has 0 bridgehead atoms. The van der Waals surface area contributed by atoms with E-state index < -0.39 is 0 Å². The standard InChI is InChI=1S/C18H24N4O/c1-5-14-8-6-7-13(4)16(14)22-18-19-10-9-15(21-18)17(23)20-11-12(2)3/h6-10,12H,5,11H2,1-4H3,(H,20,23)(H,19,21,22). The first-order chi connectivity index (χ1) is 11.0. The van der Waals surface area contributed by atoms with Gasteiger partial charge in [-0.25, -0.2) is 9.97 Å². The number of nitrogens with zero attached hydrogens (tertiary/aromatic N) is 2. The van der Waals surface area contributed by atoms with Gasteiger partial charge in [0.1, 0.15) is 5.69 Å². The van der Waals surface area contributed by atoms with Crippen LogP contribution in [0, 0.1) is 12.8 Å². The first kappa shape index (κ1) is 16.9. The minimum atomic E-state index is -0.176. The van der Waals surface area contributed by atoms with Gasteiger partial charge < -0.3 is 10.6 Å². The van der Waals surface area contributed by atoms with Crippen molar-refractivity contribution in [1.29, 1.82) is 0 Å². The molecule has 0 aliphatic rings. The average molecular weight is 312 g/mol. The topological polar surface area (TPSA) is 66.9 Å². The van der Waals surface area contributed by atoms with Gasteiger partial charge in [0.25, 0.3) is 5.91 Å². The van der Waals surface area contributed by atoms with Gasteiger partial charge in [-0.2, -0.15) is 0 Å². The van der Waals surface area contributed by atoms with Gasteiger partial charge in [0.2, 0.25) is 5.95 Å². The Kier molecular flexibility index (Phi) is 5.68. The molecule has 0 aliphatic heterocycles. The first-order valence-corrected chi connectivity index (χ1v) is 7.98. The van der Waals surface area contributed by atoms with Gasteiger partial charge >= 0.3 is 0 Å². The molecule has 5 nitrogen and oxygen atoms in total. The van der Waals surface area contributed by atoms with E-state index >= 15 is 0 Å². The van der Waals surface area contributed by atoms with Crippen LogP contribution in [0.1, 0.15) is 42.4 Å². The Balaban J connectivity index is 2.19. The molecule has 0 spiro atoms. The summed E-state index contributed by atoms with van der Waals surface area (Å²) in [4.78, 5) is 20.7. The fourth-order valence-corrected chi connectivity index (χ4v) is 2.25. The summed E-state index contributed by atoms with van der Waals surface area (Å²) in [6, 6.07) is 7.78. The van der Waals surface area contributed by atoms with Gasteiger partial charge in [-0.15, -0.1) is 0 Å². The fraction of sp³-hybridized carbons (Fsp3) is 0.389. The molecule has 5 heteroatoms. The lowest BCUT2D eigenvalue weighted by Crippen LogP contribution is -2.28. The van der Waals surface area contributed by atoms with E-state index in [2.05, 4.69) is 47.4 Å². The van der Waals surface area contributed by atoms with Crippen LogP contribution in [0.15, 0.2) is 30.5 Å². The molecule has 0 unspecified atom stereocenters. The summed E-state index contributed by atoms with van der Waals surface area (Å²) in [6.07, 6.45) is 2.52. The number of rotatable bonds is 6. The fourth-order valence-electron chi connectivity index (χ4n) is 2.25. The maximum atomic E-state index is 12.1. The number of aryl methyl sites for hydroxylation is 2. The number of anilines is 2. The molecule has 1 heterocycles. The van der Waals surface area contributed by atoms with Crippen molar-refractivity contribution in [1.82, 2.24) is 15.3 Å². The highest BCUT2D eigenvalue weighted by molar-refractivity contribution is 5.92. The van der Waals surface area contributed by atoms with Gasteiger partial charge in [-0.05, 0) is 36.5 Å². The second-order valence-corrected chi connectivity index (χ2v) is 5.96.